The van der Waals surface area contributed by atoms with Gasteiger partial charge in [-0.15, -0.1) is 0 Å². The van der Waals surface area contributed by atoms with Crippen LogP contribution in [0.3, 0.4) is 0 Å². The second kappa shape index (κ2) is 4.15. The number of hydrogen-bond donors (Lipinski definition) is 3. The van der Waals surface area contributed by atoms with Crippen LogP contribution in [0.2, 0.25) is 0 Å². The van der Waals surface area contributed by atoms with Gasteiger partial charge >= 0.3 is 5.97 Å². The maximum Gasteiger partial charge on any atom is 0.330 e. The Morgan fingerprint density at radius 1 is 1.55 bits per heavy atom. The van der Waals surface area contributed by atoms with E-state index in [2.05, 4.69) is 0 Å². The number of amides is 1. The summed E-state index contributed by atoms with van der Waals surface area (Å²) in [4.78, 5) is 20.5. The number of aliphatic carboxylic acids is 1. The van der Waals surface area contributed by atoms with Crippen LogP contribution in [0.4, 0.5) is 0 Å². The van der Waals surface area contributed by atoms with E-state index in [0.29, 0.717) is 0 Å². The highest BCUT2D eigenvalue weighted by atomic mass is 35.5. The second-order valence-corrected chi connectivity index (χ2v) is 2.34. The third-order valence-electron chi connectivity index (χ3n) is 0.900. The van der Waals surface area contributed by atoms with Crippen molar-refractivity contribution >= 4 is 23.5 Å². The van der Waals surface area contributed by atoms with Crippen LogP contribution < -0.4 is 5.32 Å². The Balaban J connectivity index is 4.12. The van der Waals surface area contributed by atoms with E-state index < -0.39 is 23.5 Å². The molecular formula is C5H8ClNO4. The summed E-state index contributed by atoms with van der Waals surface area (Å²) in [7, 11) is 0. The molecule has 0 spiro atoms. The van der Waals surface area contributed by atoms with Crippen LogP contribution in [0.25, 0.3) is 0 Å². The second-order valence-electron chi connectivity index (χ2n) is 1.89. The van der Waals surface area contributed by atoms with Gasteiger partial charge in [-0.2, -0.15) is 0 Å². The first-order valence-electron chi connectivity index (χ1n) is 2.77. The Kier molecular flexibility index (Phi) is 3.84. The Hall–Kier alpha value is -0.810. The van der Waals surface area contributed by atoms with Crippen molar-refractivity contribution < 1.29 is 19.8 Å². The van der Waals surface area contributed by atoms with Crippen molar-refractivity contribution in [2.45, 2.75) is 18.5 Å². The van der Waals surface area contributed by atoms with Gasteiger partial charge in [0.2, 0.25) is 5.91 Å². The summed E-state index contributed by atoms with van der Waals surface area (Å²) in [5, 5.41) is 18.9. The third kappa shape index (κ3) is 3.79. The number of carboxylic acid groups (broad SMARTS) is 1. The van der Waals surface area contributed by atoms with E-state index in [1.165, 1.54) is 0 Å². The minimum atomic E-state index is -1.61. The number of carboxylic acids is 1. The van der Waals surface area contributed by atoms with Gasteiger partial charge in [-0.25, -0.2) is 4.79 Å². The lowest BCUT2D eigenvalue weighted by Gasteiger charge is -2.13. The van der Waals surface area contributed by atoms with Crippen molar-refractivity contribution in [1.82, 2.24) is 5.32 Å². The van der Waals surface area contributed by atoms with E-state index in [-0.39, 0.29) is 0 Å². The van der Waals surface area contributed by atoms with E-state index in [0.717, 1.165) is 6.92 Å². The fourth-order valence-corrected chi connectivity index (χ4v) is 0.638. The fourth-order valence-electron chi connectivity index (χ4n) is 0.467. The van der Waals surface area contributed by atoms with E-state index in [1.807, 2.05) is 5.32 Å². The number of halogens is 1. The Morgan fingerprint density at radius 2 is 2.00 bits per heavy atom. The standard InChI is InChI=1S/C5H8ClNO4/c1-2(8)7-3(4(6)9)5(10)11/h3-4,9H,1H3,(H,7,8)(H,10,11)/t3-,4?/m0/s1. The average Bonchev–Trinajstić information content (AvgIpc) is 1.81. The molecule has 0 saturated carbocycles. The molecule has 0 aliphatic rings. The Labute approximate surface area is 68.0 Å². The van der Waals surface area contributed by atoms with Crippen molar-refractivity contribution in [2.75, 3.05) is 0 Å². The van der Waals surface area contributed by atoms with Crippen molar-refractivity contribution in [3.8, 4) is 0 Å². The molecule has 0 heterocycles. The monoisotopic (exact) mass is 181 g/mol. The lowest BCUT2D eigenvalue weighted by Crippen LogP contribution is -2.45. The maximum absolute atomic E-state index is 10.3. The van der Waals surface area contributed by atoms with E-state index in [1.54, 1.807) is 0 Å². The molecule has 11 heavy (non-hydrogen) atoms. The minimum absolute atomic E-state index is 0.558. The SMILES string of the molecule is CC(=O)N[C@H](C(=O)O)C(O)Cl. The predicted octanol–water partition coefficient (Wildman–Crippen LogP) is -0.867. The first kappa shape index (κ1) is 10.2. The first-order chi connectivity index (χ1) is 4.95. The molecule has 64 valence electrons. The van der Waals surface area contributed by atoms with Gasteiger partial charge in [-0.3, -0.25) is 4.79 Å². The summed E-state index contributed by atoms with van der Waals surface area (Å²) in [5.41, 5.74) is -1.61. The van der Waals surface area contributed by atoms with Gasteiger partial charge in [0.05, 0.1) is 0 Å². The molecule has 1 unspecified atom stereocenters. The smallest absolute Gasteiger partial charge is 0.330 e. The molecule has 5 nitrogen and oxygen atoms in total. The molecule has 0 aliphatic carbocycles. The number of aliphatic hydroxyl groups is 1. The molecule has 0 fully saturated rings. The third-order valence-corrected chi connectivity index (χ3v) is 1.15. The molecule has 0 saturated heterocycles. The van der Waals surface area contributed by atoms with Crippen LogP contribution in [0.5, 0.6) is 0 Å². The van der Waals surface area contributed by atoms with E-state index in [9.17, 15) is 9.59 Å². The summed E-state index contributed by atoms with van der Waals surface area (Å²) in [6.07, 6.45) is 0. The summed E-state index contributed by atoms with van der Waals surface area (Å²) in [6.45, 7) is 1.13. The van der Waals surface area contributed by atoms with Gasteiger partial charge < -0.3 is 15.5 Å². The van der Waals surface area contributed by atoms with Gasteiger partial charge in [-0.1, -0.05) is 11.6 Å². The highest BCUT2D eigenvalue weighted by molar-refractivity contribution is 6.21. The van der Waals surface area contributed by atoms with Gasteiger partial charge in [-0.05, 0) is 0 Å². The number of carbonyl (C=O) groups is 2. The Morgan fingerprint density at radius 3 is 2.09 bits per heavy atom. The van der Waals surface area contributed by atoms with Crippen LogP contribution in [-0.2, 0) is 9.59 Å². The largest absolute Gasteiger partial charge is 0.480 e. The van der Waals surface area contributed by atoms with Crippen molar-refractivity contribution in [1.29, 1.82) is 0 Å². The molecule has 0 rings (SSSR count). The normalized spacial score (nSPS) is 15.2. The highest BCUT2D eigenvalue weighted by Crippen LogP contribution is 1.98. The molecule has 1 amide bonds. The number of carbonyl (C=O) groups excluding carboxylic acids is 1. The van der Waals surface area contributed by atoms with Crippen LogP contribution >= 0.6 is 11.6 Å². The summed E-state index contributed by atoms with van der Waals surface area (Å²) in [5.74, 6) is -1.93. The van der Waals surface area contributed by atoms with Crippen LogP contribution in [0, 0.1) is 0 Å². The highest BCUT2D eigenvalue weighted by Gasteiger charge is 2.24. The molecule has 0 bridgehead atoms. The first-order valence-corrected chi connectivity index (χ1v) is 3.21. The lowest BCUT2D eigenvalue weighted by molar-refractivity contribution is -0.143. The number of alkyl halides is 1. The van der Waals surface area contributed by atoms with Gasteiger partial charge in [0, 0.05) is 6.92 Å². The molecule has 0 aromatic rings. The zero-order chi connectivity index (χ0) is 9.02. The van der Waals surface area contributed by atoms with E-state index in [4.69, 9.17) is 21.8 Å². The van der Waals surface area contributed by atoms with Crippen LogP contribution in [-0.4, -0.2) is 33.7 Å². The average molecular weight is 182 g/mol. The van der Waals surface area contributed by atoms with Crippen molar-refractivity contribution in [3.63, 3.8) is 0 Å². The molecule has 0 radical (unpaired) electrons. The lowest BCUT2D eigenvalue weighted by atomic mass is 10.3. The topological polar surface area (TPSA) is 86.6 Å². The summed E-state index contributed by atoms with van der Waals surface area (Å²) < 4.78 is 0. The van der Waals surface area contributed by atoms with Crippen LogP contribution in [0.15, 0.2) is 0 Å². The molecule has 0 aromatic carbocycles. The maximum atomic E-state index is 10.3. The van der Waals surface area contributed by atoms with Gasteiger partial charge in [0.15, 0.2) is 11.6 Å². The Bertz CT molecular complexity index is 170. The number of hydrogen-bond acceptors (Lipinski definition) is 3. The molecule has 6 heteroatoms. The molecular weight excluding hydrogens is 174 g/mol. The molecule has 0 aromatic heterocycles. The van der Waals surface area contributed by atoms with Crippen molar-refractivity contribution in [2.24, 2.45) is 0 Å². The fraction of sp³-hybridized carbons (Fsp3) is 0.600. The molecule has 2 atom stereocenters. The van der Waals surface area contributed by atoms with Crippen LogP contribution in [0.1, 0.15) is 6.92 Å². The number of nitrogens with one attached hydrogen (secondary N) is 1. The van der Waals surface area contributed by atoms with Gasteiger partial charge in [0.25, 0.3) is 0 Å². The molecule has 0 aliphatic heterocycles. The van der Waals surface area contributed by atoms with Gasteiger partial charge in [0.1, 0.15) is 0 Å². The number of aliphatic hydroxyl groups excluding tert-OH is 1. The predicted molar refractivity (Wildman–Crippen MR) is 37.1 cm³/mol. The minimum Gasteiger partial charge on any atom is -0.480 e. The number of rotatable bonds is 3. The summed E-state index contributed by atoms with van der Waals surface area (Å²) >= 11 is 5.04. The summed E-state index contributed by atoms with van der Waals surface area (Å²) in [6, 6.07) is -1.45. The zero-order valence-corrected chi connectivity index (χ0v) is 6.50. The van der Waals surface area contributed by atoms with E-state index >= 15 is 0 Å². The van der Waals surface area contributed by atoms with Crippen molar-refractivity contribution in [3.05, 3.63) is 0 Å². The molecule has 3 N–H and O–H groups in total. The zero-order valence-electron chi connectivity index (χ0n) is 5.74. The quantitative estimate of drug-likeness (QED) is 0.494.